The van der Waals surface area contributed by atoms with Crippen LogP contribution in [0.1, 0.15) is 15.9 Å². The van der Waals surface area contributed by atoms with E-state index in [1.165, 1.54) is 47.0 Å². The number of benzene rings is 2. The number of ether oxygens (including phenoxy) is 1. The van der Waals surface area contributed by atoms with E-state index in [0.717, 1.165) is 10.7 Å². The SMILES string of the molecule is O=C(c1cnn(-c2ccc(S(=O)(=O)N3CCOCC3)cc2[N+](=O)[O-])c1)c1cc(Cl)ccc1O. The molecule has 0 unspecified atom stereocenters. The first-order chi connectivity index (χ1) is 15.7. The van der Waals surface area contributed by atoms with Crippen LogP contribution in [0.2, 0.25) is 5.02 Å². The van der Waals surface area contributed by atoms with Gasteiger partial charge >= 0.3 is 0 Å². The minimum atomic E-state index is -3.95. The van der Waals surface area contributed by atoms with Gasteiger partial charge in [0.1, 0.15) is 11.4 Å². The molecule has 1 aliphatic heterocycles. The third kappa shape index (κ3) is 4.46. The number of nitrogens with zero attached hydrogens (tertiary/aromatic N) is 4. The van der Waals surface area contributed by atoms with E-state index in [4.69, 9.17) is 16.3 Å². The summed E-state index contributed by atoms with van der Waals surface area (Å²) in [5.41, 5.74) is -0.539. The minimum Gasteiger partial charge on any atom is -0.507 e. The van der Waals surface area contributed by atoms with E-state index in [-0.39, 0.29) is 58.8 Å². The van der Waals surface area contributed by atoms with Crippen LogP contribution in [0.4, 0.5) is 5.69 Å². The Kier molecular flexibility index (Phi) is 6.17. The maximum atomic E-state index is 12.9. The van der Waals surface area contributed by atoms with Crippen LogP contribution >= 0.6 is 11.6 Å². The summed E-state index contributed by atoms with van der Waals surface area (Å²) < 4.78 is 33.2. The number of hydrogen-bond acceptors (Lipinski definition) is 8. The Morgan fingerprint density at radius 3 is 2.61 bits per heavy atom. The monoisotopic (exact) mass is 492 g/mol. The Labute approximate surface area is 193 Å². The molecule has 1 saturated heterocycles. The second kappa shape index (κ2) is 8.90. The highest BCUT2D eigenvalue weighted by Crippen LogP contribution is 2.29. The van der Waals surface area contributed by atoms with Crippen LogP contribution in [0.15, 0.2) is 53.7 Å². The van der Waals surface area contributed by atoms with Crippen molar-refractivity contribution in [2.75, 3.05) is 26.3 Å². The highest BCUT2D eigenvalue weighted by Gasteiger charge is 2.29. The Bertz CT molecular complexity index is 1350. The van der Waals surface area contributed by atoms with Crippen molar-refractivity contribution >= 4 is 33.1 Å². The number of rotatable bonds is 6. The number of morpholine rings is 1. The summed E-state index contributed by atoms with van der Waals surface area (Å²) in [5.74, 6) is -0.865. The summed E-state index contributed by atoms with van der Waals surface area (Å²) in [5, 5.41) is 25.9. The van der Waals surface area contributed by atoms with E-state index in [9.17, 15) is 28.4 Å². The van der Waals surface area contributed by atoms with Gasteiger partial charge < -0.3 is 9.84 Å². The van der Waals surface area contributed by atoms with Gasteiger partial charge in [-0.1, -0.05) is 11.6 Å². The van der Waals surface area contributed by atoms with Crippen molar-refractivity contribution in [2.45, 2.75) is 4.90 Å². The van der Waals surface area contributed by atoms with E-state index in [1.807, 2.05) is 0 Å². The highest BCUT2D eigenvalue weighted by molar-refractivity contribution is 7.89. The molecule has 4 rings (SSSR count). The van der Waals surface area contributed by atoms with Crippen molar-refractivity contribution in [3.63, 3.8) is 0 Å². The molecular formula is C20H17ClN4O7S. The second-order valence-corrected chi connectivity index (χ2v) is 9.46. The van der Waals surface area contributed by atoms with Crippen LogP contribution in [0.3, 0.4) is 0 Å². The third-order valence-electron chi connectivity index (χ3n) is 5.05. The summed E-state index contributed by atoms with van der Waals surface area (Å²) in [6.07, 6.45) is 2.44. The molecule has 13 heteroatoms. The molecular weight excluding hydrogens is 476 g/mol. The third-order valence-corrected chi connectivity index (χ3v) is 7.18. The molecule has 0 radical (unpaired) electrons. The van der Waals surface area contributed by atoms with Gasteiger partial charge in [-0.15, -0.1) is 0 Å². The molecule has 0 bridgehead atoms. The van der Waals surface area contributed by atoms with Gasteiger partial charge in [0.15, 0.2) is 5.78 Å². The fourth-order valence-corrected chi connectivity index (χ4v) is 4.96. The average molecular weight is 493 g/mol. The fourth-order valence-electron chi connectivity index (χ4n) is 3.36. The van der Waals surface area contributed by atoms with Gasteiger partial charge in [-0.3, -0.25) is 14.9 Å². The molecule has 172 valence electrons. The van der Waals surface area contributed by atoms with E-state index < -0.39 is 26.4 Å². The van der Waals surface area contributed by atoms with Crippen molar-refractivity contribution < 1.29 is 28.0 Å². The topological polar surface area (TPSA) is 145 Å². The fraction of sp³-hybridized carbons (Fsp3) is 0.200. The molecule has 0 spiro atoms. The Balaban J connectivity index is 1.70. The summed E-state index contributed by atoms with van der Waals surface area (Å²) in [4.78, 5) is 23.5. The zero-order chi connectivity index (χ0) is 23.8. The van der Waals surface area contributed by atoms with Gasteiger partial charge in [-0.2, -0.15) is 9.40 Å². The number of aromatic nitrogens is 2. The van der Waals surface area contributed by atoms with Crippen molar-refractivity contribution in [3.8, 4) is 11.4 Å². The molecule has 33 heavy (non-hydrogen) atoms. The lowest BCUT2D eigenvalue weighted by atomic mass is 10.1. The van der Waals surface area contributed by atoms with Crippen molar-refractivity contribution in [1.29, 1.82) is 0 Å². The minimum absolute atomic E-state index is 0.0321. The van der Waals surface area contributed by atoms with Crippen LogP contribution in [-0.2, 0) is 14.8 Å². The first kappa shape index (κ1) is 22.9. The number of nitro groups is 1. The first-order valence-electron chi connectivity index (χ1n) is 9.63. The Hall–Kier alpha value is -3.32. The molecule has 3 aromatic rings. The van der Waals surface area contributed by atoms with Crippen molar-refractivity contribution in [3.05, 3.63) is 75.1 Å². The maximum Gasteiger partial charge on any atom is 0.296 e. The van der Waals surface area contributed by atoms with Crippen molar-refractivity contribution in [1.82, 2.24) is 14.1 Å². The predicted octanol–water partition coefficient (Wildman–Crippen LogP) is 2.39. The van der Waals surface area contributed by atoms with E-state index >= 15 is 0 Å². The van der Waals surface area contributed by atoms with E-state index in [2.05, 4.69) is 5.10 Å². The number of halogens is 1. The van der Waals surface area contributed by atoms with Crippen LogP contribution in [0.25, 0.3) is 5.69 Å². The number of aromatic hydroxyl groups is 1. The number of sulfonamides is 1. The van der Waals surface area contributed by atoms with Crippen LogP contribution in [0.5, 0.6) is 5.75 Å². The van der Waals surface area contributed by atoms with Gasteiger partial charge in [0.25, 0.3) is 5.69 Å². The lowest BCUT2D eigenvalue weighted by Crippen LogP contribution is -2.40. The van der Waals surface area contributed by atoms with E-state index in [1.54, 1.807) is 0 Å². The van der Waals surface area contributed by atoms with Gasteiger partial charge in [-0.05, 0) is 30.3 Å². The molecule has 1 aliphatic rings. The molecule has 0 saturated carbocycles. The number of nitro benzene ring substituents is 1. The molecule has 1 N–H and O–H groups in total. The molecule has 1 aromatic heterocycles. The number of hydrogen-bond donors (Lipinski definition) is 1. The normalized spacial score (nSPS) is 14.8. The first-order valence-corrected chi connectivity index (χ1v) is 11.4. The molecule has 1 fully saturated rings. The maximum absolute atomic E-state index is 12.9. The van der Waals surface area contributed by atoms with Gasteiger partial charge in [0.05, 0.1) is 40.4 Å². The van der Waals surface area contributed by atoms with Gasteiger partial charge in [-0.25, -0.2) is 13.1 Å². The molecule has 0 amide bonds. The largest absolute Gasteiger partial charge is 0.507 e. The Morgan fingerprint density at radius 2 is 1.91 bits per heavy atom. The van der Waals surface area contributed by atoms with Gasteiger partial charge in [0.2, 0.25) is 10.0 Å². The van der Waals surface area contributed by atoms with Crippen LogP contribution in [-0.4, -0.2) is 64.6 Å². The van der Waals surface area contributed by atoms with Gasteiger partial charge in [0, 0.05) is 30.4 Å². The quantitative estimate of drug-likeness (QED) is 0.313. The van der Waals surface area contributed by atoms with Crippen molar-refractivity contribution in [2.24, 2.45) is 0 Å². The number of phenols is 1. The Morgan fingerprint density at radius 1 is 1.18 bits per heavy atom. The predicted molar refractivity (Wildman–Crippen MR) is 116 cm³/mol. The van der Waals surface area contributed by atoms with Crippen LogP contribution in [0, 0.1) is 10.1 Å². The lowest BCUT2D eigenvalue weighted by Gasteiger charge is -2.26. The summed E-state index contributed by atoms with van der Waals surface area (Å²) in [7, 11) is -3.95. The second-order valence-electron chi connectivity index (χ2n) is 7.09. The van der Waals surface area contributed by atoms with Crippen LogP contribution < -0.4 is 0 Å². The smallest absolute Gasteiger partial charge is 0.296 e. The summed E-state index contributed by atoms with van der Waals surface area (Å²) in [6, 6.07) is 7.46. The molecule has 2 aromatic carbocycles. The molecule has 11 nitrogen and oxygen atoms in total. The molecule has 0 atom stereocenters. The standard InChI is InChI=1S/C20H17ClN4O7S/c21-14-1-4-19(26)16(9-14)20(27)13-11-22-24(12-13)17-3-2-15(10-18(17)25(28)29)33(30,31)23-5-7-32-8-6-23/h1-4,9-12,26H,5-8H2. The highest BCUT2D eigenvalue weighted by atomic mass is 35.5. The lowest BCUT2D eigenvalue weighted by molar-refractivity contribution is -0.384. The zero-order valence-electron chi connectivity index (χ0n) is 16.9. The number of carbonyl (C=O) groups is 1. The number of phenolic OH excluding ortho intramolecular Hbond substituents is 1. The summed E-state index contributed by atoms with van der Waals surface area (Å²) >= 11 is 5.89. The number of ketones is 1. The zero-order valence-corrected chi connectivity index (χ0v) is 18.5. The van der Waals surface area contributed by atoms with E-state index in [0.29, 0.717) is 0 Å². The number of carbonyl (C=O) groups excluding carboxylic acids is 1. The molecule has 0 aliphatic carbocycles. The summed E-state index contributed by atoms with van der Waals surface area (Å²) in [6.45, 7) is 0.787. The average Bonchev–Trinajstić information content (AvgIpc) is 3.30. The molecule has 2 heterocycles.